The second-order valence-corrected chi connectivity index (χ2v) is 7.22. The van der Waals surface area contributed by atoms with Crippen molar-refractivity contribution in [3.63, 3.8) is 0 Å². The van der Waals surface area contributed by atoms with Crippen molar-refractivity contribution in [2.75, 3.05) is 32.8 Å². The Morgan fingerprint density at radius 2 is 2.19 bits per heavy atom. The molecule has 0 aromatic carbocycles. The lowest BCUT2D eigenvalue weighted by atomic mass is 9.83. The highest BCUT2D eigenvalue weighted by atomic mass is 16.5. The SMILES string of the molecule is CCCNC1COCC1C(=O)N1CC=C(C(C)(C)C)CC1. The van der Waals surface area contributed by atoms with E-state index in [0.29, 0.717) is 13.2 Å². The molecule has 0 spiro atoms. The molecule has 0 bridgehead atoms. The minimum atomic E-state index is -0.0128. The molecule has 0 aromatic heterocycles. The van der Waals surface area contributed by atoms with Crippen LogP contribution in [0.2, 0.25) is 0 Å². The highest BCUT2D eigenvalue weighted by Crippen LogP contribution is 2.30. The number of rotatable bonds is 4. The predicted octanol–water partition coefficient (Wildman–Crippen LogP) is 2.21. The molecular formula is C17H30N2O2. The van der Waals surface area contributed by atoms with E-state index in [4.69, 9.17) is 4.74 Å². The van der Waals surface area contributed by atoms with Crippen molar-refractivity contribution in [3.05, 3.63) is 11.6 Å². The Hall–Kier alpha value is -0.870. The van der Waals surface area contributed by atoms with Gasteiger partial charge in [0.05, 0.1) is 19.1 Å². The fourth-order valence-corrected chi connectivity index (χ4v) is 3.11. The number of amides is 1. The number of carbonyl (C=O) groups is 1. The van der Waals surface area contributed by atoms with E-state index in [-0.39, 0.29) is 23.3 Å². The van der Waals surface area contributed by atoms with Gasteiger partial charge in [0.2, 0.25) is 5.91 Å². The molecule has 21 heavy (non-hydrogen) atoms. The van der Waals surface area contributed by atoms with Crippen LogP contribution in [-0.2, 0) is 9.53 Å². The minimum absolute atomic E-state index is 0.0128. The van der Waals surface area contributed by atoms with E-state index in [1.54, 1.807) is 0 Å². The van der Waals surface area contributed by atoms with Crippen LogP contribution in [0.4, 0.5) is 0 Å². The summed E-state index contributed by atoms with van der Waals surface area (Å²) in [7, 11) is 0. The molecule has 0 radical (unpaired) electrons. The molecule has 2 atom stereocenters. The number of hydrogen-bond donors (Lipinski definition) is 1. The number of nitrogens with zero attached hydrogens (tertiary/aromatic N) is 1. The van der Waals surface area contributed by atoms with Crippen molar-refractivity contribution in [3.8, 4) is 0 Å². The predicted molar refractivity (Wildman–Crippen MR) is 85.1 cm³/mol. The molecule has 2 heterocycles. The first-order valence-electron chi connectivity index (χ1n) is 8.23. The Balaban J connectivity index is 1.94. The van der Waals surface area contributed by atoms with Crippen molar-refractivity contribution < 1.29 is 9.53 Å². The Morgan fingerprint density at radius 3 is 2.76 bits per heavy atom. The van der Waals surface area contributed by atoms with Crippen molar-refractivity contribution >= 4 is 5.91 Å². The Bertz CT molecular complexity index is 398. The zero-order valence-corrected chi connectivity index (χ0v) is 13.9. The molecule has 2 aliphatic heterocycles. The van der Waals surface area contributed by atoms with Crippen molar-refractivity contribution in [2.24, 2.45) is 11.3 Å². The molecule has 2 rings (SSSR count). The molecule has 120 valence electrons. The number of nitrogens with one attached hydrogen (secondary N) is 1. The highest BCUT2D eigenvalue weighted by Gasteiger charge is 2.36. The first-order chi connectivity index (χ1) is 9.93. The zero-order valence-electron chi connectivity index (χ0n) is 13.9. The van der Waals surface area contributed by atoms with Crippen LogP contribution in [0.1, 0.15) is 40.5 Å². The minimum Gasteiger partial charge on any atom is -0.379 e. The van der Waals surface area contributed by atoms with Gasteiger partial charge in [0, 0.05) is 19.1 Å². The molecule has 0 aromatic rings. The lowest BCUT2D eigenvalue weighted by Crippen LogP contribution is -2.47. The summed E-state index contributed by atoms with van der Waals surface area (Å²) < 4.78 is 5.53. The average Bonchev–Trinajstić information content (AvgIpc) is 2.92. The summed E-state index contributed by atoms with van der Waals surface area (Å²) in [6.45, 7) is 12.6. The van der Waals surface area contributed by atoms with Gasteiger partial charge in [-0.05, 0) is 24.8 Å². The molecule has 1 N–H and O–H groups in total. The van der Waals surface area contributed by atoms with E-state index in [1.165, 1.54) is 5.57 Å². The topological polar surface area (TPSA) is 41.6 Å². The van der Waals surface area contributed by atoms with Crippen molar-refractivity contribution in [1.82, 2.24) is 10.2 Å². The second-order valence-electron chi connectivity index (χ2n) is 7.22. The standard InChI is InChI=1S/C17H30N2O2/c1-5-8-18-15-12-21-11-14(15)16(20)19-9-6-13(7-10-19)17(2,3)4/h6,14-15,18H,5,7-12H2,1-4H3. The quantitative estimate of drug-likeness (QED) is 0.808. The van der Waals surface area contributed by atoms with E-state index >= 15 is 0 Å². The largest absolute Gasteiger partial charge is 0.379 e. The number of hydrogen-bond acceptors (Lipinski definition) is 3. The summed E-state index contributed by atoms with van der Waals surface area (Å²) in [5, 5.41) is 3.45. The summed E-state index contributed by atoms with van der Waals surface area (Å²) in [5.41, 5.74) is 1.69. The molecule has 0 saturated carbocycles. The molecule has 1 saturated heterocycles. The lowest BCUT2D eigenvalue weighted by molar-refractivity contribution is -0.135. The van der Waals surface area contributed by atoms with Gasteiger partial charge < -0.3 is 15.0 Å². The van der Waals surface area contributed by atoms with Crippen LogP contribution in [0.3, 0.4) is 0 Å². The van der Waals surface area contributed by atoms with Gasteiger partial charge >= 0.3 is 0 Å². The second kappa shape index (κ2) is 6.93. The number of ether oxygens (including phenoxy) is 1. The number of carbonyl (C=O) groups excluding carboxylic acids is 1. The maximum absolute atomic E-state index is 12.7. The summed E-state index contributed by atoms with van der Waals surface area (Å²) in [4.78, 5) is 14.7. The maximum Gasteiger partial charge on any atom is 0.229 e. The average molecular weight is 294 g/mol. The van der Waals surface area contributed by atoms with Gasteiger partial charge in [0.1, 0.15) is 0 Å². The summed E-state index contributed by atoms with van der Waals surface area (Å²) in [6, 6.07) is 0.186. The van der Waals surface area contributed by atoms with Gasteiger partial charge in [-0.2, -0.15) is 0 Å². The Kier molecular flexibility index (Phi) is 5.44. The smallest absolute Gasteiger partial charge is 0.229 e. The van der Waals surface area contributed by atoms with Crippen LogP contribution in [-0.4, -0.2) is 49.7 Å². The molecule has 1 fully saturated rings. The van der Waals surface area contributed by atoms with Crippen molar-refractivity contribution in [1.29, 1.82) is 0 Å². The third kappa shape index (κ3) is 4.07. The van der Waals surface area contributed by atoms with E-state index in [2.05, 4.69) is 39.1 Å². The molecule has 4 nitrogen and oxygen atoms in total. The first-order valence-corrected chi connectivity index (χ1v) is 8.23. The zero-order chi connectivity index (χ0) is 15.5. The van der Waals surface area contributed by atoms with Gasteiger partial charge in [-0.3, -0.25) is 4.79 Å². The van der Waals surface area contributed by atoms with Crippen LogP contribution in [0.15, 0.2) is 11.6 Å². The van der Waals surface area contributed by atoms with E-state index in [1.807, 2.05) is 4.90 Å². The lowest BCUT2D eigenvalue weighted by Gasteiger charge is -2.34. The molecule has 1 amide bonds. The van der Waals surface area contributed by atoms with Gasteiger partial charge in [0.25, 0.3) is 0 Å². The summed E-state index contributed by atoms with van der Waals surface area (Å²) in [6.07, 6.45) is 4.32. The van der Waals surface area contributed by atoms with Crippen LogP contribution in [0, 0.1) is 11.3 Å². The molecular weight excluding hydrogens is 264 g/mol. The summed E-state index contributed by atoms with van der Waals surface area (Å²) >= 11 is 0. The van der Waals surface area contributed by atoms with Gasteiger partial charge in [0.15, 0.2) is 0 Å². The first kappa shape index (κ1) is 16.5. The molecule has 0 aliphatic carbocycles. The Morgan fingerprint density at radius 1 is 1.43 bits per heavy atom. The van der Waals surface area contributed by atoms with Crippen LogP contribution in [0.25, 0.3) is 0 Å². The van der Waals surface area contributed by atoms with Gasteiger partial charge in [-0.25, -0.2) is 0 Å². The molecule has 4 heteroatoms. The third-order valence-electron chi connectivity index (χ3n) is 4.54. The van der Waals surface area contributed by atoms with Crippen molar-refractivity contribution in [2.45, 2.75) is 46.6 Å². The maximum atomic E-state index is 12.7. The normalized spacial score (nSPS) is 26.9. The van der Waals surface area contributed by atoms with E-state index in [0.717, 1.165) is 32.5 Å². The fourth-order valence-electron chi connectivity index (χ4n) is 3.11. The van der Waals surface area contributed by atoms with Gasteiger partial charge in [-0.1, -0.05) is 39.3 Å². The molecule has 2 aliphatic rings. The summed E-state index contributed by atoms with van der Waals surface area (Å²) in [5.74, 6) is 0.242. The van der Waals surface area contributed by atoms with Gasteiger partial charge in [-0.15, -0.1) is 0 Å². The van der Waals surface area contributed by atoms with Crippen LogP contribution < -0.4 is 5.32 Å². The molecule has 2 unspecified atom stereocenters. The Labute approximate surface area is 128 Å². The fraction of sp³-hybridized carbons (Fsp3) is 0.824. The van der Waals surface area contributed by atoms with E-state index in [9.17, 15) is 4.79 Å². The van der Waals surface area contributed by atoms with E-state index < -0.39 is 0 Å². The van der Waals surface area contributed by atoms with Crippen LogP contribution in [0.5, 0.6) is 0 Å². The third-order valence-corrected chi connectivity index (χ3v) is 4.54. The van der Waals surface area contributed by atoms with Crippen LogP contribution >= 0.6 is 0 Å². The highest BCUT2D eigenvalue weighted by molar-refractivity contribution is 5.80. The monoisotopic (exact) mass is 294 g/mol.